The molecule has 122 valence electrons. The molecule has 8 heteroatoms. The van der Waals surface area contributed by atoms with Crippen LogP contribution in [0.3, 0.4) is 0 Å². The second-order valence-electron chi connectivity index (χ2n) is 5.41. The van der Waals surface area contributed by atoms with Crippen LogP contribution in [-0.4, -0.2) is 52.0 Å². The summed E-state index contributed by atoms with van der Waals surface area (Å²) in [6, 6.07) is 4.67. The summed E-state index contributed by atoms with van der Waals surface area (Å²) < 4.78 is 18.7. The van der Waals surface area contributed by atoms with E-state index in [4.69, 9.17) is 16.1 Å². The van der Waals surface area contributed by atoms with Crippen molar-refractivity contribution in [1.82, 2.24) is 19.9 Å². The van der Waals surface area contributed by atoms with Gasteiger partial charge in [-0.25, -0.2) is 4.39 Å². The smallest absolute Gasteiger partial charge is 0.295 e. The summed E-state index contributed by atoms with van der Waals surface area (Å²) in [7, 11) is 0. The Bertz CT molecular complexity index is 693. The van der Waals surface area contributed by atoms with Crippen molar-refractivity contribution in [2.75, 3.05) is 26.2 Å². The Labute approximate surface area is 137 Å². The van der Waals surface area contributed by atoms with Gasteiger partial charge in [0.15, 0.2) is 0 Å². The first-order valence-corrected chi connectivity index (χ1v) is 7.67. The molecule has 1 saturated heterocycles. The average Bonchev–Trinajstić information content (AvgIpc) is 2.97. The minimum absolute atomic E-state index is 0.0769. The van der Waals surface area contributed by atoms with Gasteiger partial charge in [0.2, 0.25) is 5.89 Å². The van der Waals surface area contributed by atoms with E-state index in [1.807, 2.05) is 0 Å². The molecule has 1 aromatic carbocycles. The van der Waals surface area contributed by atoms with E-state index in [2.05, 4.69) is 15.0 Å². The Morgan fingerprint density at radius 2 is 2.09 bits per heavy atom. The summed E-state index contributed by atoms with van der Waals surface area (Å²) in [4.78, 5) is 19.9. The molecule has 2 aromatic rings. The largest absolute Gasteiger partial charge is 0.339 e. The van der Waals surface area contributed by atoms with Crippen LogP contribution in [0.15, 0.2) is 22.7 Å². The molecule has 2 heterocycles. The molecule has 1 fully saturated rings. The summed E-state index contributed by atoms with van der Waals surface area (Å²) >= 11 is 6.05. The molecule has 1 aliphatic heterocycles. The van der Waals surface area contributed by atoms with Crippen molar-refractivity contribution in [1.29, 1.82) is 0 Å². The van der Waals surface area contributed by atoms with Crippen LogP contribution in [0.25, 0.3) is 0 Å². The van der Waals surface area contributed by atoms with Crippen LogP contribution in [0.4, 0.5) is 4.39 Å². The predicted molar refractivity (Wildman–Crippen MR) is 81.6 cm³/mol. The molecule has 0 N–H and O–H groups in total. The quantitative estimate of drug-likeness (QED) is 0.858. The molecule has 0 radical (unpaired) electrons. The summed E-state index contributed by atoms with van der Waals surface area (Å²) in [5.74, 6) is -0.113. The SMILES string of the molecule is Cc1nc(C(=O)N2CCN(Cc3c(F)cccc3Cl)CC2)no1. The molecular weight excluding hydrogens is 323 g/mol. The van der Waals surface area contributed by atoms with Gasteiger partial charge in [-0.3, -0.25) is 9.69 Å². The van der Waals surface area contributed by atoms with Crippen molar-refractivity contribution >= 4 is 17.5 Å². The van der Waals surface area contributed by atoms with Crippen LogP contribution in [0.1, 0.15) is 22.1 Å². The topological polar surface area (TPSA) is 62.5 Å². The molecule has 23 heavy (non-hydrogen) atoms. The van der Waals surface area contributed by atoms with Gasteiger partial charge in [-0.05, 0) is 12.1 Å². The van der Waals surface area contributed by atoms with Crippen molar-refractivity contribution in [3.8, 4) is 0 Å². The fourth-order valence-corrected chi connectivity index (χ4v) is 2.77. The highest BCUT2D eigenvalue weighted by Crippen LogP contribution is 2.21. The molecule has 0 atom stereocenters. The van der Waals surface area contributed by atoms with Gasteiger partial charge in [0.1, 0.15) is 5.82 Å². The highest BCUT2D eigenvalue weighted by atomic mass is 35.5. The lowest BCUT2D eigenvalue weighted by atomic mass is 10.2. The number of aromatic nitrogens is 2. The van der Waals surface area contributed by atoms with Gasteiger partial charge in [0.05, 0.1) is 0 Å². The van der Waals surface area contributed by atoms with Crippen LogP contribution in [0, 0.1) is 12.7 Å². The highest BCUT2D eigenvalue weighted by Gasteiger charge is 2.26. The standard InChI is InChI=1S/C15H16ClFN4O2/c1-10-18-14(19-23-10)15(22)21-7-5-20(6-8-21)9-11-12(16)3-2-4-13(11)17/h2-4H,5-9H2,1H3. The Morgan fingerprint density at radius 3 is 2.70 bits per heavy atom. The fourth-order valence-electron chi connectivity index (χ4n) is 2.54. The number of nitrogens with zero attached hydrogens (tertiary/aromatic N) is 4. The number of hydrogen-bond acceptors (Lipinski definition) is 5. The summed E-state index contributed by atoms with van der Waals surface area (Å²) in [6.07, 6.45) is 0. The first-order valence-electron chi connectivity index (χ1n) is 7.29. The zero-order valence-corrected chi connectivity index (χ0v) is 13.4. The maximum absolute atomic E-state index is 13.8. The second-order valence-corrected chi connectivity index (χ2v) is 5.81. The van der Waals surface area contributed by atoms with E-state index in [9.17, 15) is 9.18 Å². The lowest BCUT2D eigenvalue weighted by Crippen LogP contribution is -2.48. The van der Waals surface area contributed by atoms with Gasteiger partial charge in [0, 0.05) is 50.2 Å². The van der Waals surface area contributed by atoms with E-state index < -0.39 is 0 Å². The van der Waals surface area contributed by atoms with Crippen molar-refractivity contribution in [2.24, 2.45) is 0 Å². The molecule has 0 bridgehead atoms. The predicted octanol–water partition coefficient (Wildman–Crippen LogP) is 2.13. The zero-order valence-electron chi connectivity index (χ0n) is 12.6. The Kier molecular flexibility index (Phi) is 4.58. The summed E-state index contributed by atoms with van der Waals surface area (Å²) in [5, 5.41) is 4.06. The average molecular weight is 339 g/mol. The van der Waals surface area contributed by atoms with E-state index >= 15 is 0 Å². The number of aryl methyl sites for hydroxylation is 1. The Balaban J connectivity index is 1.59. The summed E-state index contributed by atoms with van der Waals surface area (Å²) in [6.45, 7) is 4.38. The molecule has 6 nitrogen and oxygen atoms in total. The molecular formula is C15H16ClFN4O2. The van der Waals surface area contributed by atoms with Gasteiger partial charge >= 0.3 is 0 Å². The van der Waals surface area contributed by atoms with Crippen LogP contribution in [0.5, 0.6) is 0 Å². The first-order chi connectivity index (χ1) is 11.0. The fraction of sp³-hybridized carbons (Fsp3) is 0.400. The molecule has 3 rings (SSSR count). The number of rotatable bonds is 3. The number of piperazine rings is 1. The van der Waals surface area contributed by atoms with E-state index in [0.29, 0.717) is 49.2 Å². The maximum Gasteiger partial charge on any atom is 0.295 e. The number of carbonyl (C=O) groups is 1. The van der Waals surface area contributed by atoms with Crippen molar-refractivity contribution in [3.05, 3.63) is 46.3 Å². The normalized spacial score (nSPS) is 15.9. The van der Waals surface area contributed by atoms with Crippen LogP contribution in [0.2, 0.25) is 5.02 Å². The molecule has 0 unspecified atom stereocenters. The molecule has 0 spiro atoms. The van der Waals surface area contributed by atoms with E-state index in [1.54, 1.807) is 24.0 Å². The van der Waals surface area contributed by atoms with E-state index in [1.165, 1.54) is 6.07 Å². The van der Waals surface area contributed by atoms with Gasteiger partial charge < -0.3 is 9.42 Å². The first kappa shape index (κ1) is 15.9. The van der Waals surface area contributed by atoms with Crippen molar-refractivity contribution in [3.63, 3.8) is 0 Å². The Hall–Kier alpha value is -1.99. The van der Waals surface area contributed by atoms with Crippen molar-refractivity contribution in [2.45, 2.75) is 13.5 Å². The lowest BCUT2D eigenvalue weighted by Gasteiger charge is -2.34. The third kappa shape index (κ3) is 3.51. The number of amides is 1. The molecule has 1 amide bonds. The summed E-state index contributed by atoms with van der Waals surface area (Å²) in [5.41, 5.74) is 0.489. The Morgan fingerprint density at radius 1 is 1.35 bits per heavy atom. The van der Waals surface area contributed by atoms with Crippen LogP contribution in [-0.2, 0) is 6.54 Å². The van der Waals surface area contributed by atoms with Gasteiger partial charge in [-0.15, -0.1) is 0 Å². The van der Waals surface area contributed by atoms with E-state index in [0.717, 1.165) is 0 Å². The maximum atomic E-state index is 13.8. The van der Waals surface area contributed by atoms with Gasteiger partial charge in [0.25, 0.3) is 11.7 Å². The second kappa shape index (κ2) is 6.64. The molecule has 0 aliphatic carbocycles. The van der Waals surface area contributed by atoms with Gasteiger partial charge in [-0.1, -0.05) is 22.8 Å². The molecule has 1 aliphatic rings. The monoisotopic (exact) mass is 338 g/mol. The number of carbonyl (C=O) groups excluding carboxylic acids is 1. The lowest BCUT2D eigenvalue weighted by molar-refractivity contribution is 0.0612. The van der Waals surface area contributed by atoms with Crippen LogP contribution < -0.4 is 0 Å². The molecule has 0 saturated carbocycles. The third-order valence-electron chi connectivity index (χ3n) is 3.82. The third-order valence-corrected chi connectivity index (χ3v) is 4.18. The minimum Gasteiger partial charge on any atom is -0.339 e. The number of hydrogen-bond donors (Lipinski definition) is 0. The number of halogens is 2. The molecule has 1 aromatic heterocycles. The number of benzene rings is 1. The van der Waals surface area contributed by atoms with Gasteiger partial charge in [-0.2, -0.15) is 4.98 Å². The van der Waals surface area contributed by atoms with Crippen LogP contribution >= 0.6 is 11.6 Å². The van der Waals surface area contributed by atoms with E-state index in [-0.39, 0.29) is 17.5 Å². The minimum atomic E-state index is -0.307. The highest BCUT2D eigenvalue weighted by molar-refractivity contribution is 6.31. The zero-order chi connectivity index (χ0) is 16.4. The van der Waals surface area contributed by atoms with Crippen molar-refractivity contribution < 1.29 is 13.7 Å².